The minimum atomic E-state index is -0.0229. The second-order valence-electron chi connectivity index (χ2n) is 9.20. The number of pyridine rings is 1. The van der Waals surface area contributed by atoms with Gasteiger partial charge in [0.25, 0.3) is 5.91 Å². The Morgan fingerprint density at radius 1 is 1.03 bits per heavy atom. The molecule has 0 bridgehead atoms. The number of aromatic nitrogens is 2. The van der Waals surface area contributed by atoms with Gasteiger partial charge in [-0.25, -0.2) is 4.98 Å². The Hall–Kier alpha value is -2.66. The van der Waals surface area contributed by atoms with Crippen LogP contribution in [0, 0.1) is 5.92 Å². The van der Waals surface area contributed by atoms with Crippen LogP contribution in [0.1, 0.15) is 66.2 Å². The minimum Gasteiger partial charge on any atom is -0.350 e. The molecule has 2 aliphatic rings. The molecule has 1 aliphatic carbocycles. The van der Waals surface area contributed by atoms with Crippen LogP contribution in [0.3, 0.4) is 0 Å². The lowest BCUT2D eigenvalue weighted by atomic mass is 9.77. The molecule has 3 aromatic rings. The fraction of sp³-hybridized carbons (Fsp3) is 0.462. The molecule has 5 rings (SSSR count). The maximum absolute atomic E-state index is 13.1. The molecule has 31 heavy (non-hydrogen) atoms. The normalized spacial score (nSPS) is 18.2. The van der Waals surface area contributed by atoms with E-state index < -0.39 is 0 Å². The van der Waals surface area contributed by atoms with E-state index in [1.165, 1.54) is 37.7 Å². The molecule has 3 heterocycles. The number of benzene rings is 1. The number of hydrogen-bond acceptors (Lipinski definition) is 3. The lowest BCUT2D eigenvalue weighted by molar-refractivity contribution is 0.0942. The molecule has 5 heteroatoms. The Kier molecular flexibility index (Phi) is 6.03. The largest absolute Gasteiger partial charge is 0.350 e. The fourth-order valence-corrected chi connectivity index (χ4v) is 4.99. The van der Waals surface area contributed by atoms with Crippen molar-refractivity contribution >= 4 is 11.6 Å². The predicted octanol–water partition coefficient (Wildman–Crippen LogP) is 4.63. The lowest BCUT2D eigenvalue weighted by Gasteiger charge is -2.30. The summed E-state index contributed by atoms with van der Waals surface area (Å²) in [5, 5.41) is 3.23. The average Bonchev–Trinajstić information content (AvgIpc) is 3.42. The molecular weight excluding hydrogens is 384 g/mol. The molecule has 5 nitrogen and oxygen atoms in total. The SMILES string of the molecule is O=C(NCC(CC1CCC1)c1ccccc1)c1cccc2nc(CN3CCCC3)cn12. The molecular formula is C26H32N4O. The summed E-state index contributed by atoms with van der Waals surface area (Å²) in [7, 11) is 0. The van der Waals surface area contributed by atoms with E-state index in [0.29, 0.717) is 18.2 Å². The summed E-state index contributed by atoms with van der Waals surface area (Å²) in [6.45, 7) is 3.82. The number of amides is 1. The summed E-state index contributed by atoms with van der Waals surface area (Å²) in [5.41, 5.74) is 3.86. The Bertz CT molecular complexity index is 1020. The van der Waals surface area contributed by atoms with Gasteiger partial charge in [-0.2, -0.15) is 0 Å². The molecule has 2 fully saturated rings. The van der Waals surface area contributed by atoms with Gasteiger partial charge in [-0.15, -0.1) is 0 Å². The van der Waals surface area contributed by atoms with Crippen LogP contribution in [0.5, 0.6) is 0 Å². The van der Waals surface area contributed by atoms with Crippen LogP contribution in [-0.2, 0) is 6.54 Å². The topological polar surface area (TPSA) is 49.6 Å². The molecule has 1 aromatic carbocycles. The number of carbonyl (C=O) groups is 1. The van der Waals surface area contributed by atoms with E-state index in [-0.39, 0.29) is 5.91 Å². The molecule has 0 radical (unpaired) electrons. The molecule has 1 aliphatic heterocycles. The molecule has 1 N–H and O–H groups in total. The van der Waals surface area contributed by atoms with E-state index in [0.717, 1.165) is 43.3 Å². The second kappa shape index (κ2) is 9.23. The van der Waals surface area contributed by atoms with Gasteiger partial charge in [-0.05, 0) is 56.0 Å². The number of imidazole rings is 1. The first-order chi connectivity index (χ1) is 15.3. The predicted molar refractivity (Wildman–Crippen MR) is 123 cm³/mol. The van der Waals surface area contributed by atoms with Gasteiger partial charge in [0.05, 0.1) is 5.69 Å². The smallest absolute Gasteiger partial charge is 0.268 e. The van der Waals surface area contributed by atoms with E-state index in [9.17, 15) is 4.79 Å². The summed E-state index contributed by atoms with van der Waals surface area (Å²) < 4.78 is 1.95. The van der Waals surface area contributed by atoms with E-state index in [1.54, 1.807) is 0 Å². The summed E-state index contributed by atoms with van der Waals surface area (Å²) in [6, 6.07) is 16.4. The van der Waals surface area contributed by atoms with Gasteiger partial charge in [0.15, 0.2) is 0 Å². The summed E-state index contributed by atoms with van der Waals surface area (Å²) in [5.74, 6) is 1.14. The van der Waals surface area contributed by atoms with Crippen molar-refractivity contribution in [1.82, 2.24) is 19.6 Å². The highest BCUT2D eigenvalue weighted by Gasteiger charge is 2.24. The zero-order chi connectivity index (χ0) is 21.0. The summed E-state index contributed by atoms with van der Waals surface area (Å²) >= 11 is 0. The van der Waals surface area contributed by atoms with Crippen LogP contribution in [0.2, 0.25) is 0 Å². The fourth-order valence-electron chi connectivity index (χ4n) is 4.99. The van der Waals surface area contributed by atoms with E-state index in [2.05, 4.69) is 40.5 Å². The summed E-state index contributed by atoms with van der Waals surface area (Å²) in [6.07, 6.45) is 9.72. The monoisotopic (exact) mass is 416 g/mol. The Morgan fingerprint density at radius 3 is 2.58 bits per heavy atom. The molecule has 1 amide bonds. The number of likely N-dealkylation sites (tertiary alicyclic amines) is 1. The van der Waals surface area contributed by atoms with Gasteiger partial charge < -0.3 is 5.32 Å². The molecule has 2 aromatic heterocycles. The van der Waals surface area contributed by atoms with Crippen molar-refractivity contribution in [2.45, 2.75) is 51.0 Å². The Balaban J connectivity index is 1.30. The molecule has 1 saturated heterocycles. The van der Waals surface area contributed by atoms with Crippen LogP contribution < -0.4 is 5.32 Å². The third-order valence-electron chi connectivity index (χ3n) is 6.98. The maximum atomic E-state index is 13.1. The van der Waals surface area contributed by atoms with Gasteiger partial charge in [-0.1, -0.05) is 55.7 Å². The third-order valence-corrected chi connectivity index (χ3v) is 6.98. The Labute approximate surface area is 184 Å². The average molecular weight is 417 g/mol. The minimum absolute atomic E-state index is 0.0229. The first kappa shape index (κ1) is 20.3. The van der Waals surface area contributed by atoms with E-state index in [1.807, 2.05) is 28.8 Å². The number of nitrogens with one attached hydrogen (secondary N) is 1. The molecule has 162 valence electrons. The maximum Gasteiger partial charge on any atom is 0.268 e. The quantitative estimate of drug-likeness (QED) is 0.582. The van der Waals surface area contributed by atoms with Gasteiger partial charge in [0, 0.05) is 25.2 Å². The van der Waals surface area contributed by atoms with Crippen LogP contribution in [0.15, 0.2) is 54.7 Å². The highest BCUT2D eigenvalue weighted by Crippen LogP contribution is 2.35. The zero-order valence-electron chi connectivity index (χ0n) is 18.2. The third kappa shape index (κ3) is 4.67. The van der Waals surface area contributed by atoms with Crippen molar-refractivity contribution in [1.29, 1.82) is 0 Å². The van der Waals surface area contributed by atoms with Crippen LogP contribution >= 0.6 is 0 Å². The lowest BCUT2D eigenvalue weighted by Crippen LogP contribution is -2.31. The molecule has 1 atom stereocenters. The first-order valence-corrected chi connectivity index (χ1v) is 11.8. The Morgan fingerprint density at radius 2 is 1.84 bits per heavy atom. The second-order valence-corrected chi connectivity index (χ2v) is 9.20. The van der Waals surface area contributed by atoms with Gasteiger partial charge >= 0.3 is 0 Å². The number of carbonyl (C=O) groups excluding carboxylic acids is 1. The van der Waals surface area contributed by atoms with Crippen molar-refractivity contribution in [2.24, 2.45) is 5.92 Å². The van der Waals surface area contributed by atoms with E-state index in [4.69, 9.17) is 4.98 Å². The summed E-state index contributed by atoms with van der Waals surface area (Å²) in [4.78, 5) is 20.3. The van der Waals surface area contributed by atoms with Crippen LogP contribution in [-0.4, -0.2) is 39.8 Å². The highest BCUT2D eigenvalue weighted by molar-refractivity contribution is 5.93. The van der Waals surface area contributed by atoms with Crippen molar-refractivity contribution in [3.63, 3.8) is 0 Å². The standard InChI is InChI=1S/C26H32N4O/c31-26(27-17-22(16-20-8-6-9-20)21-10-2-1-3-11-21)24-12-7-13-25-28-23(19-30(24)25)18-29-14-4-5-15-29/h1-3,7,10-13,19-20,22H,4-6,8-9,14-18H2,(H,27,31). The molecule has 1 saturated carbocycles. The van der Waals surface area contributed by atoms with E-state index >= 15 is 0 Å². The number of hydrogen-bond donors (Lipinski definition) is 1. The highest BCUT2D eigenvalue weighted by atomic mass is 16.1. The van der Waals surface area contributed by atoms with Crippen molar-refractivity contribution in [3.05, 3.63) is 71.7 Å². The number of nitrogens with zero attached hydrogens (tertiary/aromatic N) is 3. The van der Waals surface area contributed by atoms with Crippen molar-refractivity contribution in [2.75, 3.05) is 19.6 Å². The van der Waals surface area contributed by atoms with Crippen molar-refractivity contribution in [3.8, 4) is 0 Å². The number of rotatable bonds is 8. The van der Waals surface area contributed by atoms with Crippen LogP contribution in [0.4, 0.5) is 0 Å². The molecule has 1 unspecified atom stereocenters. The van der Waals surface area contributed by atoms with Gasteiger partial charge in [0.2, 0.25) is 0 Å². The van der Waals surface area contributed by atoms with Crippen molar-refractivity contribution < 1.29 is 4.79 Å². The van der Waals surface area contributed by atoms with Crippen LogP contribution in [0.25, 0.3) is 5.65 Å². The molecule has 0 spiro atoms. The van der Waals surface area contributed by atoms with Gasteiger partial charge in [-0.3, -0.25) is 14.1 Å². The van der Waals surface area contributed by atoms with Gasteiger partial charge in [0.1, 0.15) is 11.3 Å². The first-order valence-electron chi connectivity index (χ1n) is 11.8. The number of fused-ring (bicyclic) bond motifs is 1. The zero-order valence-corrected chi connectivity index (χ0v) is 18.2.